The van der Waals surface area contributed by atoms with E-state index in [4.69, 9.17) is 0 Å². The Hall–Kier alpha value is -0.260. The Balaban J connectivity index is 1.99. The third-order valence-corrected chi connectivity index (χ3v) is 2.86. The van der Waals surface area contributed by atoms with E-state index in [1.165, 1.54) is 12.8 Å². The lowest BCUT2D eigenvalue weighted by atomic mass is 9.86. The van der Waals surface area contributed by atoms with Gasteiger partial charge in [-0.25, -0.2) is 0 Å². The fourth-order valence-electron chi connectivity index (χ4n) is 1.80. The molecule has 0 aromatic heterocycles. The van der Waals surface area contributed by atoms with E-state index >= 15 is 0 Å². The van der Waals surface area contributed by atoms with E-state index < -0.39 is 0 Å². The SMILES string of the molecule is CCC(C)C1=CC2CC12. The molecule has 1 saturated carbocycles. The van der Waals surface area contributed by atoms with Gasteiger partial charge in [-0.1, -0.05) is 25.5 Å². The minimum atomic E-state index is 0.883. The van der Waals surface area contributed by atoms with Crippen LogP contribution in [0.15, 0.2) is 11.6 Å². The molecule has 0 saturated heterocycles. The molecule has 0 bridgehead atoms. The van der Waals surface area contributed by atoms with Crippen LogP contribution in [0.2, 0.25) is 0 Å². The molecule has 3 atom stereocenters. The molecule has 3 unspecified atom stereocenters. The summed E-state index contributed by atoms with van der Waals surface area (Å²) in [4.78, 5) is 0. The number of allylic oxidation sites excluding steroid dienone is 2. The summed E-state index contributed by atoms with van der Waals surface area (Å²) in [6.07, 6.45) is 5.30. The first-order chi connectivity index (χ1) is 4.33. The van der Waals surface area contributed by atoms with Crippen molar-refractivity contribution in [3.8, 4) is 0 Å². The minimum absolute atomic E-state index is 0.883. The van der Waals surface area contributed by atoms with Crippen LogP contribution in [0.25, 0.3) is 0 Å². The van der Waals surface area contributed by atoms with Crippen LogP contribution in [-0.4, -0.2) is 0 Å². The largest absolute Gasteiger partial charge is 0.0810 e. The minimum Gasteiger partial charge on any atom is -0.0810 e. The van der Waals surface area contributed by atoms with Crippen molar-refractivity contribution < 1.29 is 0 Å². The van der Waals surface area contributed by atoms with Gasteiger partial charge in [0.1, 0.15) is 0 Å². The predicted molar refractivity (Wildman–Crippen MR) is 39.1 cm³/mol. The molecule has 0 heteroatoms. The monoisotopic (exact) mass is 122 g/mol. The Morgan fingerprint density at radius 3 is 2.89 bits per heavy atom. The molecular weight excluding hydrogens is 108 g/mol. The van der Waals surface area contributed by atoms with E-state index in [0.717, 1.165) is 17.8 Å². The highest BCUT2D eigenvalue weighted by molar-refractivity contribution is 5.33. The van der Waals surface area contributed by atoms with E-state index in [1.807, 2.05) is 0 Å². The fourth-order valence-corrected chi connectivity index (χ4v) is 1.80. The van der Waals surface area contributed by atoms with Gasteiger partial charge in [0.15, 0.2) is 0 Å². The topological polar surface area (TPSA) is 0 Å². The average Bonchev–Trinajstić information content (AvgIpc) is 2.42. The standard InChI is InChI=1S/C9H14/c1-3-6(2)8-4-7-5-9(7)8/h4,6-7,9H,3,5H2,1-2H3. The molecule has 0 N–H and O–H groups in total. The zero-order valence-corrected chi connectivity index (χ0v) is 6.22. The Morgan fingerprint density at radius 2 is 2.56 bits per heavy atom. The zero-order chi connectivity index (χ0) is 6.43. The van der Waals surface area contributed by atoms with Gasteiger partial charge in [-0.05, 0) is 30.6 Å². The molecule has 0 aromatic rings. The maximum Gasteiger partial charge on any atom is -0.0131 e. The highest BCUT2D eigenvalue weighted by Gasteiger charge is 2.46. The van der Waals surface area contributed by atoms with Gasteiger partial charge in [0, 0.05) is 0 Å². The Labute approximate surface area is 57.0 Å². The molecule has 2 rings (SSSR count). The van der Waals surface area contributed by atoms with Crippen molar-refractivity contribution in [2.24, 2.45) is 17.8 Å². The van der Waals surface area contributed by atoms with Crippen molar-refractivity contribution in [2.75, 3.05) is 0 Å². The van der Waals surface area contributed by atoms with E-state index in [-0.39, 0.29) is 0 Å². The Kier molecular flexibility index (Phi) is 0.992. The third kappa shape index (κ3) is 0.654. The van der Waals surface area contributed by atoms with Gasteiger partial charge < -0.3 is 0 Å². The van der Waals surface area contributed by atoms with Gasteiger partial charge in [-0.3, -0.25) is 0 Å². The molecule has 0 aliphatic heterocycles. The molecule has 0 heterocycles. The van der Waals surface area contributed by atoms with Crippen LogP contribution in [-0.2, 0) is 0 Å². The smallest absolute Gasteiger partial charge is 0.0131 e. The Morgan fingerprint density at radius 1 is 1.78 bits per heavy atom. The molecule has 2 aliphatic rings. The van der Waals surface area contributed by atoms with Gasteiger partial charge >= 0.3 is 0 Å². The highest BCUT2D eigenvalue weighted by Crippen LogP contribution is 2.57. The van der Waals surface area contributed by atoms with Crippen LogP contribution in [0.5, 0.6) is 0 Å². The summed E-state index contributed by atoms with van der Waals surface area (Å²) in [5.74, 6) is 2.97. The van der Waals surface area contributed by atoms with Crippen molar-refractivity contribution in [1.29, 1.82) is 0 Å². The number of hydrogen-bond donors (Lipinski definition) is 0. The third-order valence-electron chi connectivity index (χ3n) is 2.86. The summed E-state index contributed by atoms with van der Waals surface area (Å²) in [5.41, 5.74) is 1.77. The number of hydrogen-bond acceptors (Lipinski definition) is 0. The van der Waals surface area contributed by atoms with Crippen molar-refractivity contribution in [2.45, 2.75) is 26.7 Å². The van der Waals surface area contributed by atoms with Crippen molar-refractivity contribution in [3.63, 3.8) is 0 Å². The van der Waals surface area contributed by atoms with Gasteiger partial charge in [0.25, 0.3) is 0 Å². The summed E-state index contributed by atoms with van der Waals surface area (Å²) >= 11 is 0. The lowest BCUT2D eigenvalue weighted by Crippen LogP contribution is -2.07. The first-order valence-corrected chi connectivity index (χ1v) is 4.04. The van der Waals surface area contributed by atoms with Crippen molar-refractivity contribution in [1.82, 2.24) is 0 Å². The normalized spacial score (nSPS) is 40.4. The highest BCUT2D eigenvalue weighted by atomic mass is 14.5. The van der Waals surface area contributed by atoms with Crippen LogP contribution in [0.1, 0.15) is 26.7 Å². The van der Waals surface area contributed by atoms with Crippen LogP contribution in [0.4, 0.5) is 0 Å². The second-order valence-electron chi connectivity index (χ2n) is 3.48. The molecule has 9 heavy (non-hydrogen) atoms. The van der Waals surface area contributed by atoms with Gasteiger partial charge in [0.2, 0.25) is 0 Å². The number of fused-ring (bicyclic) bond motifs is 1. The van der Waals surface area contributed by atoms with Crippen molar-refractivity contribution >= 4 is 0 Å². The molecule has 1 fully saturated rings. The van der Waals surface area contributed by atoms with Crippen LogP contribution >= 0.6 is 0 Å². The molecule has 2 aliphatic carbocycles. The first-order valence-electron chi connectivity index (χ1n) is 4.04. The van der Waals surface area contributed by atoms with E-state index in [2.05, 4.69) is 19.9 Å². The van der Waals surface area contributed by atoms with E-state index in [1.54, 1.807) is 5.57 Å². The average molecular weight is 122 g/mol. The van der Waals surface area contributed by atoms with Gasteiger partial charge in [-0.2, -0.15) is 0 Å². The molecule has 0 nitrogen and oxygen atoms in total. The second-order valence-corrected chi connectivity index (χ2v) is 3.48. The molecule has 0 spiro atoms. The predicted octanol–water partition coefficient (Wildman–Crippen LogP) is 2.61. The fraction of sp³-hybridized carbons (Fsp3) is 0.778. The quantitative estimate of drug-likeness (QED) is 0.494. The van der Waals surface area contributed by atoms with Crippen LogP contribution < -0.4 is 0 Å². The van der Waals surface area contributed by atoms with Crippen molar-refractivity contribution in [3.05, 3.63) is 11.6 Å². The summed E-state index contributed by atoms with van der Waals surface area (Å²) in [5, 5.41) is 0. The second kappa shape index (κ2) is 1.62. The molecule has 0 radical (unpaired) electrons. The van der Waals surface area contributed by atoms with E-state index in [0.29, 0.717) is 0 Å². The van der Waals surface area contributed by atoms with E-state index in [9.17, 15) is 0 Å². The molecule has 0 amide bonds. The summed E-state index contributed by atoms with van der Waals surface area (Å²) < 4.78 is 0. The summed E-state index contributed by atoms with van der Waals surface area (Å²) in [7, 11) is 0. The maximum absolute atomic E-state index is 2.48. The summed E-state index contributed by atoms with van der Waals surface area (Å²) in [6.45, 7) is 4.63. The lowest BCUT2D eigenvalue weighted by molar-refractivity contribution is 0.576. The maximum atomic E-state index is 2.48. The molecule has 0 aromatic carbocycles. The Bertz CT molecular complexity index is 155. The molecular formula is C9H14. The van der Waals surface area contributed by atoms with Gasteiger partial charge in [0.05, 0.1) is 0 Å². The van der Waals surface area contributed by atoms with Crippen LogP contribution in [0.3, 0.4) is 0 Å². The first kappa shape index (κ1) is 5.52. The lowest BCUT2D eigenvalue weighted by Gasteiger charge is -2.19. The number of rotatable bonds is 2. The van der Waals surface area contributed by atoms with Crippen LogP contribution in [0, 0.1) is 17.8 Å². The van der Waals surface area contributed by atoms with Gasteiger partial charge in [-0.15, -0.1) is 0 Å². The molecule has 50 valence electrons. The zero-order valence-electron chi connectivity index (χ0n) is 6.22. The summed E-state index contributed by atoms with van der Waals surface area (Å²) in [6, 6.07) is 0.